The van der Waals surface area contributed by atoms with Gasteiger partial charge in [0.1, 0.15) is 5.52 Å². The summed E-state index contributed by atoms with van der Waals surface area (Å²) in [4.78, 5) is 37.7. The molecule has 0 unspecified atom stereocenters. The van der Waals surface area contributed by atoms with E-state index in [1.807, 2.05) is 13.8 Å². The number of amides is 1. The lowest BCUT2D eigenvalue weighted by atomic mass is 10.2. The summed E-state index contributed by atoms with van der Waals surface area (Å²) in [5.41, 5.74) is 1.03. The van der Waals surface area contributed by atoms with Crippen LogP contribution >= 0.6 is 0 Å². The third-order valence-electron chi connectivity index (χ3n) is 3.71. The molecule has 2 rings (SSSR count). The number of esters is 1. The lowest BCUT2D eigenvalue weighted by Gasteiger charge is -2.20. The number of nitrogens with zero attached hydrogens (tertiary/aromatic N) is 4. The Kier molecular flexibility index (Phi) is 6.60. The van der Waals surface area contributed by atoms with Crippen molar-refractivity contribution in [3.63, 3.8) is 0 Å². The summed E-state index contributed by atoms with van der Waals surface area (Å²) in [6.07, 6.45) is -0.0766. The summed E-state index contributed by atoms with van der Waals surface area (Å²) in [6.45, 7) is 8.06. The molecule has 1 heterocycles. The topological polar surface area (TPSA) is 94.4 Å². The highest BCUT2D eigenvalue weighted by Crippen LogP contribution is 2.04. The fourth-order valence-electron chi connectivity index (χ4n) is 2.37. The summed E-state index contributed by atoms with van der Waals surface area (Å²) < 4.78 is 6.11. The molecule has 1 aromatic heterocycles. The van der Waals surface area contributed by atoms with Gasteiger partial charge in [-0.1, -0.05) is 29.5 Å². The van der Waals surface area contributed by atoms with Crippen molar-refractivity contribution in [2.45, 2.75) is 26.8 Å². The summed E-state index contributed by atoms with van der Waals surface area (Å²) in [6, 6.07) is 6.85. The van der Waals surface area contributed by atoms with Crippen LogP contribution in [0.1, 0.15) is 20.3 Å². The predicted octanol–water partition coefficient (Wildman–Crippen LogP) is 1.15. The number of aromatic nitrogens is 3. The van der Waals surface area contributed by atoms with E-state index in [1.165, 1.54) is 0 Å². The molecule has 0 spiro atoms. The molecule has 0 N–H and O–H groups in total. The number of ether oxygens (including phenoxy) is 1. The Morgan fingerprint density at radius 3 is 2.73 bits per heavy atom. The average Bonchev–Trinajstić information content (AvgIpc) is 2.63. The average molecular weight is 358 g/mol. The van der Waals surface area contributed by atoms with Gasteiger partial charge >= 0.3 is 5.97 Å². The lowest BCUT2D eigenvalue weighted by molar-refractivity contribution is -0.152. The van der Waals surface area contributed by atoms with Gasteiger partial charge in [-0.3, -0.25) is 14.4 Å². The second-order valence-electron chi connectivity index (χ2n) is 5.91. The Hall–Kier alpha value is -3.03. The second-order valence-corrected chi connectivity index (χ2v) is 5.91. The molecule has 138 valence electrons. The third kappa shape index (κ3) is 4.98. The number of benzene rings is 1. The summed E-state index contributed by atoms with van der Waals surface area (Å²) in [5, 5.41) is 8.19. The van der Waals surface area contributed by atoms with Gasteiger partial charge in [-0.15, -0.1) is 5.10 Å². The van der Waals surface area contributed by atoms with E-state index in [0.717, 1.165) is 10.3 Å². The minimum Gasteiger partial charge on any atom is -0.456 e. The molecular weight excluding hydrogens is 336 g/mol. The molecule has 0 radical (unpaired) electrons. The normalized spacial score (nSPS) is 10.5. The number of aryl methyl sites for hydroxylation is 1. The largest absolute Gasteiger partial charge is 0.456 e. The molecule has 0 aliphatic heterocycles. The van der Waals surface area contributed by atoms with Crippen LogP contribution < -0.4 is 5.56 Å². The van der Waals surface area contributed by atoms with Crippen LogP contribution in [0.15, 0.2) is 41.2 Å². The highest BCUT2D eigenvalue weighted by atomic mass is 16.5. The van der Waals surface area contributed by atoms with Gasteiger partial charge in [0.2, 0.25) is 0 Å². The zero-order valence-electron chi connectivity index (χ0n) is 15.0. The SMILES string of the molecule is C=C(C)CN(CC)C(=O)COC(=O)CCn1nnc2ccccc2c1=O. The molecule has 8 nitrogen and oxygen atoms in total. The van der Waals surface area contributed by atoms with Crippen molar-refractivity contribution in [2.24, 2.45) is 0 Å². The highest BCUT2D eigenvalue weighted by molar-refractivity contribution is 5.81. The second kappa shape index (κ2) is 8.89. The summed E-state index contributed by atoms with van der Waals surface area (Å²) in [5.74, 6) is -0.863. The number of hydrogen-bond acceptors (Lipinski definition) is 6. The fourth-order valence-corrected chi connectivity index (χ4v) is 2.37. The molecular formula is C18H22N4O4. The Bertz CT molecular complexity index is 875. The van der Waals surface area contributed by atoms with Crippen LogP contribution in [-0.4, -0.2) is 51.5 Å². The molecule has 0 aliphatic carbocycles. The highest BCUT2D eigenvalue weighted by Gasteiger charge is 2.15. The standard InChI is InChI=1S/C18H22N4O4/c1-4-21(11-13(2)3)16(23)12-26-17(24)9-10-22-18(25)14-7-5-6-8-15(14)19-20-22/h5-8H,2,4,9-12H2,1,3H3. The van der Waals surface area contributed by atoms with E-state index < -0.39 is 5.97 Å². The van der Waals surface area contributed by atoms with Crippen molar-refractivity contribution in [3.05, 3.63) is 46.8 Å². The quantitative estimate of drug-likeness (QED) is 0.519. The van der Waals surface area contributed by atoms with E-state index >= 15 is 0 Å². The predicted molar refractivity (Wildman–Crippen MR) is 96.4 cm³/mol. The van der Waals surface area contributed by atoms with Crippen molar-refractivity contribution in [1.82, 2.24) is 19.9 Å². The maximum atomic E-state index is 12.3. The van der Waals surface area contributed by atoms with Gasteiger partial charge in [0.25, 0.3) is 11.5 Å². The van der Waals surface area contributed by atoms with E-state index in [4.69, 9.17) is 4.74 Å². The number of carbonyl (C=O) groups excluding carboxylic acids is 2. The Morgan fingerprint density at radius 2 is 2.04 bits per heavy atom. The minimum atomic E-state index is -0.577. The number of likely N-dealkylation sites (N-methyl/N-ethyl adjacent to an activating group) is 1. The first-order chi connectivity index (χ1) is 12.4. The van der Waals surface area contributed by atoms with Crippen molar-refractivity contribution >= 4 is 22.8 Å². The zero-order valence-corrected chi connectivity index (χ0v) is 15.0. The van der Waals surface area contributed by atoms with Gasteiger partial charge in [0.15, 0.2) is 6.61 Å². The van der Waals surface area contributed by atoms with Crippen LogP contribution in [-0.2, 0) is 20.9 Å². The Labute approximate surface area is 151 Å². The first-order valence-electron chi connectivity index (χ1n) is 8.32. The summed E-state index contributed by atoms with van der Waals surface area (Å²) >= 11 is 0. The van der Waals surface area contributed by atoms with Crippen LogP contribution in [0.25, 0.3) is 10.9 Å². The summed E-state index contributed by atoms with van der Waals surface area (Å²) in [7, 11) is 0. The van der Waals surface area contributed by atoms with Crippen molar-refractivity contribution in [2.75, 3.05) is 19.7 Å². The molecule has 0 saturated heterocycles. The minimum absolute atomic E-state index is 0.0347. The van der Waals surface area contributed by atoms with E-state index in [1.54, 1.807) is 29.2 Å². The van der Waals surface area contributed by atoms with Gasteiger partial charge in [-0.05, 0) is 26.0 Å². The smallest absolute Gasteiger partial charge is 0.308 e. The number of carbonyl (C=O) groups is 2. The van der Waals surface area contributed by atoms with Crippen LogP contribution in [0.3, 0.4) is 0 Å². The van der Waals surface area contributed by atoms with Crippen LogP contribution in [0.2, 0.25) is 0 Å². The Morgan fingerprint density at radius 1 is 1.31 bits per heavy atom. The molecule has 0 aliphatic rings. The van der Waals surface area contributed by atoms with Crippen LogP contribution in [0.4, 0.5) is 0 Å². The third-order valence-corrected chi connectivity index (χ3v) is 3.71. The van der Waals surface area contributed by atoms with Gasteiger partial charge in [-0.2, -0.15) is 0 Å². The maximum Gasteiger partial charge on any atom is 0.308 e. The molecule has 8 heteroatoms. The molecule has 26 heavy (non-hydrogen) atoms. The first-order valence-corrected chi connectivity index (χ1v) is 8.32. The maximum absolute atomic E-state index is 12.3. The van der Waals surface area contributed by atoms with E-state index in [2.05, 4.69) is 16.9 Å². The van der Waals surface area contributed by atoms with Crippen LogP contribution in [0, 0.1) is 0 Å². The molecule has 1 amide bonds. The number of hydrogen-bond donors (Lipinski definition) is 0. The first kappa shape index (κ1) is 19.3. The monoisotopic (exact) mass is 358 g/mol. The molecule has 2 aromatic rings. The molecule has 0 bridgehead atoms. The van der Waals surface area contributed by atoms with E-state index in [0.29, 0.717) is 24.0 Å². The van der Waals surface area contributed by atoms with Crippen molar-refractivity contribution in [1.29, 1.82) is 0 Å². The lowest BCUT2D eigenvalue weighted by Crippen LogP contribution is -2.35. The molecule has 0 saturated carbocycles. The zero-order chi connectivity index (χ0) is 19.1. The van der Waals surface area contributed by atoms with Gasteiger partial charge in [0.05, 0.1) is 18.4 Å². The fraction of sp³-hybridized carbons (Fsp3) is 0.389. The molecule has 0 fully saturated rings. The number of fused-ring (bicyclic) bond motifs is 1. The van der Waals surface area contributed by atoms with Gasteiger partial charge < -0.3 is 9.64 Å². The van der Waals surface area contributed by atoms with E-state index in [-0.39, 0.29) is 31.0 Å². The molecule has 1 aromatic carbocycles. The van der Waals surface area contributed by atoms with Crippen molar-refractivity contribution < 1.29 is 14.3 Å². The van der Waals surface area contributed by atoms with E-state index in [9.17, 15) is 14.4 Å². The van der Waals surface area contributed by atoms with Crippen LogP contribution in [0.5, 0.6) is 0 Å². The number of rotatable bonds is 8. The molecule has 0 atom stereocenters. The van der Waals surface area contributed by atoms with Gasteiger partial charge in [-0.25, -0.2) is 4.68 Å². The Balaban J connectivity index is 1.89. The van der Waals surface area contributed by atoms with Gasteiger partial charge in [0, 0.05) is 13.1 Å². The van der Waals surface area contributed by atoms with Crippen molar-refractivity contribution in [3.8, 4) is 0 Å².